The van der Waals surface area contributed by atoms with E-state index in [0.717, 1.165) is 18.9 Å². The highest BCUT2D eigenvalue weighted by Crippen LogP contribution is 2.38. The molecule has 1 aliphatic heterocycles. The lowest BCUT2D eigenvalue weighted by Gasteiger charge is -2.18. The number of carboxylic acids is 1. The summed E-state index contributed by atoms with van der Waals surface area (Å²) in [5.74, 6) is -2.77. The minimum atomic E-state index is -4.73. The van der Waals surface area contributed by atoms with Crippen molar-refractivity contribution < 1.29 is 33.0 Å². The summed E-state index contributed by atoms with van der Waals surface area (Å²) in [5, 5.41) is 19.2. The first-order chi connectivity index (χ1) is 15.1. The van der Waals surface area contributed by atoms with E-state index in [0.29, 0.717) is 29.9 Å². The van der Waals surface area contributed by atoms with Gasteiger partial charge in [-0.25, -0.2) is 9.78 Å². The Morgan fingerprint density at radius 2 is 1.88 bits per heavy atom. The maximum absolute atomic E-state index is 13.6. The number of carboxylic acid groups (broad SMARTS) is 1. The summed E-state index contributed by atoms with van der Waals surface area (Å²) in [4.78, 5) is 28.9. The van der Waals surface area contributed by atoms with Gasteiger partial charge in [-0.3, -0.25) is 4.79 Å². The third kappa shape index (κ3) is 3.79. The molecule has 1 aliphatic rings. The lowest BCUT2D eigenvalue weighted by atomic mass is 10.0. The number of phenols is 1. The van der Waals surface area contributed by atoms with Gasteiger partial charge in [-0.15, -0.1) is 0 Å². The van der Waals surface area contributed by atoms with Gasteiger partial charge in [-0.2, -0.15) is 13.2 Å². The standard InChI is InChI=1S/C22H16BrF3N2O4/c23-14-5-3-4-13(22(24,25)26)17(14)19(30)20-27-18(15-6-1-2-9-28(15)20)11-7-8-12(21(31)32)16(29)10-11/h3-5,7-8,10,29H,1-2,6,9H2,(H,31,32). The highest BCUT2D eigenvalue weighted by molar-refractivity contribution is 9.10. The molecule has 2 aromatic carbocycles. The number of alkyl halides is 3. The molecular weight excluding hydrogens is 493 g/mol. The zero-order valence-corrected chi connectivity index (χ0v) is 18.0. The fraction of sp³-hybridized carbons (Fsp3) is 0.227. The van der Waals surface area contributed by atoms with E-state index >= 15 is 0 Å². The van der Waals surface area contributed by atoms with Crippen molar-refractivity contribution in [2.75, 3.05) is 0 Å². The van der Waals surface area contributed by atoms with Crippen molar-refractivity contribution in [1.82, 2.24) is 9.55 Å². The summed E-state index contributed by atoms with van der Waals surface area (Å²) in [6.45, 7) is 0.411. The van der Waals surface area contributed by atoms with E-state index < -0.39 is 34.8 Å². The Hall–Kier alpha value is -3.14. The number of rotatable bonds is 4. The molecular formula is C22H16BrF3N2O4. The maximum Gasteiger partial charge on any atom is 0.417 e. The normalized spacial score (nSPS) is 13.6. The Balaban J connectivity index is 1.88. The molecule has 2 heterocycles. The number of aromatic hydroxyl groups is 1. The smallest absolute Gasteiger partial charge is 0.417 e. The van der Waals surface area contributed by atoms with Gasteiger partial charge in [0.2, 0.25) is 5.78 Å². The van der Waals surface area contributed by atoms with E-state index in [9.17, 15) is 27.9 Å². The molecule has 3 aromatic rings. The van der Waals surface area contributed by atoms with E-state index in [1.807, 2.05) is 0 Å². The number of aromatic carboxylic acids is 1. The summed E-state index contributed by atoms with van der Waals surface area (Å²) in [6.07, 6.45) is -2.66. The van der Waals surface area contributed by atoms with Gasteiger partial charge in [0.1, 0.15) is 11.3 Å². The minimum Gasteiger partial charge on any atom is -0.507 e. The van der Waals surface area contributed by atoms with Crippen LogP contribution in [-0.4, -0.2) is 31.5 Å². The average Bonchev–Trinajstić information content (AvgIpc) is 3.12. The molecule has 10 heteroatoms. The molecule has 0 atom stereocenters. The minimum absolute atomic E-state index is 0.00971. The van der Waals surface area contributed by atoms with Crippen LogP contribution < -0.4 is 0 Å². The van der Waals surface area contributed by atoms with Gasteiger partial charge in [0.05, 0.1) is 16.8 Å². The lowest BCUT2D eigenvalue weighted by Crippen LogP contribution is -2.20. The number of carbonyl (C=O) groups excluding carboxylic acids is 1. The van der Waals surface area contributed by atoms with Crippen molar-refractivity contribution in [3.63, 3.8) is 0 Å². The lowest BCUT2D eigenvalue weighted by molar-refractivity contribution is -0.137. The fourth-order valence-electron chi connectivity index (χ4n) is 3.91. The van der Waals surface area contributed by atoms with Gasteiger partial charge in [0, 0.05) is 22.3 Å². The van der Waals surface area contributed by atoms with Crippen LogP contribution in [0.1, 0.15) is 50.6 Å². The first-order valence-corrected chi connectivity index (χ1v) is 10.5. The Morgan fingerprint density at radius 1 is 1.12 bits per heavy atom. The average molecular weight is 509 g/mol. The Morgan fingerprint density at radius 3 is 2.53 bits per heavy atom. The van der Waals surface area contributed by atoms with E-state index in [1.54, 1.807) is 4.57 Å². The summed E-state index contributed by atoms with van der Waals surface area (Å²) in [7, 11) is 0. The molecule has 0 spiro atoms. The fourth-order valence-corrected chi connectivity index (χ4v) is 4.46. The maximum atomic E-state index is 13.6. The molecule has 0 saturated heterocycles. The first-order valence-electron chi connectivity index (χ1n) is 9.66. The second kappa shape index (κ2) is 8.09. The number of aromatic nitrogens is 2. The van der Waals surface area contributed by atoms with E-state index in [2.05, 4.69) is 20.9 Å². The van der Waals surface area contributed by atoms with Crippen molar-refractivity contribution in [2.24, 2.45) is 0 Å². The van der Waals surface area contributed by atoms with Crippen LogP contribution in [0.5, 0.6) is 5.75 Å². The summed E-state index contributed by atoms with van der Waals surface area (Å²) in [6, 6.07) is 7.33. The number of ketones is 1. The Kier molecular flexibility index (Phi) is 5.58. The largest absolute Gasteiger partial charge is 0.507 e. The summed E-state index contributed by atoms with van der Waals surface area (Å²) in [5.41, 5.74) is -0.505. The molecule has 1 aromatic heterocycles. The Labute approximate surface area is 188 Å². The van der Waals surface area contributed by atoms with Gasteiger partial charge in [-0.05, 0) is 43.5 Å². The quantitative estimate of drug-likeness (QED) is 0.466. The number of benzene rings is 2. The first kappa shape index (κ1) is 22.1. The van der Waals surface area contributed by atoms with Gasteiger partial charge in [0.25, 0.3) is 0 Å². The number of carbonyl (C=O) groups is 2. The predicted molar refractivity (Wildman–Crippen MR) is 112 cm³/mol. The zero-order chi connectivity index (χ0) is 23.2. The highest BCUT2D eigenvalue weighted by atomic mass is 79.9. The summed E-state index contributed by atoms with van der Waals surface area (Å²) >= 11 is 3.07. The molecule has 0 saturated carbocycles. The second-order valence-electron chi connectivity index (χ2n) is 7.37. The second-order valence-corrected chi connectivity index (χ2v) is 8.22. The molecule has 32 heavy (non-hydrogen) atoms. The SMILES string of the molecule is O=C(O)c1ccc(-c2nc(C(=O)c3c(Br)cccc3C(F)(F)F)n3c2CCCC3)cc1O. The van der Waals surface area contributed by atoms with Gasteiger partial charge < -0.3 is 14.8 Å². The van der Waals surface area contributed by atoms with Crippen molar-refractivity contribution in [3.05, 3.63) is 69.1 Å². The van der Waals surface area contributed by atoms with Crippen LogP contribution in [0.3, 0.4) is 0 Å². The van der Waals surface area contributed by atoms with E-state index in [4.69, 9.17) is 5.11 Å². The molecule has 0 bridgehead atoms. The molecule has 166 valence electrons. The number of hydrogen-bond donors (Lipinski definition) is 2. The van der Waals surface area contributed by atoms with Gasteiger partial charge in [-0.1, -0.05) is 28.1 Å². The van der Waals surface area contributed by atoms with Crippen LogP contribution in [0.15, 0.2) is 40.9 Å². The van der Waals surface area contributed by atoms with Crippen LogP contribution in [0.25, 0.3) is 11.3 Å². The molecule has 2 N–H and O–H groups in total. The van der Waals surface area contributed by atoms with Crippen LogP contribution >= 0.6 is 15.9 Å². The van der Waals surface area contributed by atoms with Crippen molar-refractivity contribution in [2.45, 2.75) is 32.0 Å². The third-order valence-electron chi connectivity index (χ3n) is 5.37. The zero-order valence-electron chi connectivity index (χ0n) is 16.4. The molecule has 0 unspecified atom stereocenters. The van der Waals surface area contributed by atoms with Crippen molar-refractivity contribution in [3.8, 4) is 17.0 Å². The Bertz CT molecular complexity index is 1250. The highest BCUT2D eigenvalue weighted by Gasteiger charge is 2.38. The van der Waals surface area contributed by atoms with E-state index in [-0.39, 0.29) is 15.9 Å². The van der Waals surface area contributed by atoms with Crippen LogP contribution in [0.2, 0.25) is 0 Å². The van der Waals surface area contributed by atoms with E-state index in [1.165, 1.54) is 30.3 Å². The summed E-state index contributed by atoms with van der Waals surface area (Å²) < 4.78 is 42.4. The molecule has 0 amide bonds. The molecule has 0 aliphatic carbocycles. The van der Waals surface area contributed by atoms with Crippen LogP contribution in [0, 0.1) is 0 Å². The van der Waals surface area contributed by atoms with Crippen molar-refractivity contribution in [1.29, 1.82) is 0 Å². The topological polar surface area (TPSA) is 92.4 Å². The predicted octanol–water partition coefficient (Wildman–Crippen LogP) is 5.30. The van der Waals surface area contributed by atoms with Gasteiger partial charge >= 0.3 is 12.1 Å². The monoisotopic (exact) mass is 508 g/mol. The number of imidazole rings is 1. The number of nitrogens with zero attached hydrogens (tertiary/aromatic N) is 2. The third-order valence-corrected chi connectivity index (χ3v) is 6.03. The number of hydrogen-bond acceptors (Lipinski definition) is 4. The van der Waals surface area contributed by atoms with Gasteiger partial charge in [0.15, 0.2) is 5.82 Å². The van der Waals surface area contributed by atoms with Crippen LogP contribution in [-0.2, 0) is 19.1 Å². The van der Waals surface area contributed by atoms with Crippen LogP contribution in [0.4, 0.5) is 13.2 Å². The number of fused-ring (bicyclic) bond motifs is 1. The molecule has 6 nitrogen and oxygen atoms in total. The molecule has 0 radical (unpaired) electrons. The van der Waals surface area contributed by atoms with Crippen molar-refractivity contribution >= 4 is 27.7 Å². The number of halogens is 4. The molecule has 4 rings (SSSR count). The molecule has 0 fully saturated rings.